The zero-order valence-corrected chi connectivity index (χ0v) is 6.87. The highest BCUT2D eigenvalue weighted by Crippen LogP contribution is 1.98. The van der Waals surface area contributed by atoms with Gasteiger partial charge in [-0.2, -0.15) is 0 Å². The molecular formula is C8H11NO3. The van der Waals surface area contributed by atoms with E-state index in [0.29, 0.717) is 18.7 Å². The summed E-state index contributed by atoms with van der Waals surface area (Å²) in [6, 6.07) is 1.61. The fourth-order valence-corrected chi connectivity index (χ4v) is 0.762. The Morgan fingerprint density at radius 3 is 3.17 bits per heavy atom. The lowest BCUT2D eigenvalue weighted by molar-refractivity contribution is 0.0936. The highest BCUT2D eigenvalue weighted by molar-refractivity contribution is 5.93. The SMILES string of the molecule is COCCNC(=O)c1ccoc1. The summed E-state index contributed by atoms with van der Waals surface area (Å²) in [5, 5.41) is 2.66. The molecule has 0 fully saturated rings. The molecular weight excluding hydrogens is 158 g/mol. The van der Waals surface area contributed by atoms with Crippen LogP contribution in [0.25, 0.3) is 0 Å². The van der Waals surface area contributed by atoms with Gasteiger partial charge < -0.3 is 14.5 Å². The van der Waals surface area contributed by atoms with E-state index in [0.717, 1.165) is 0 Å². The van der Waals surface area contributed by atoms with Gasteiger partial charge in [0.05, 0.1) is 18.4 Å². The second kappa shape index (κ2) is 4.56. The van der Waals surface area contributed by atoms with E-state index < -0.39 is 0 Å². The second-order valence-electron chi connectivity index (χ2n) is 2.26. The van der Waals surface area contributed by atoms with Gasteiger partial charge in [-0.25, -0.2) is 0 Å². The van der Waals surface area contributed by atoms with Crippen molar-refractivity contribution < 1.29 is 13.9 Å². The lowest BCUT2D eigenvalue weighted by atomic mass is 10.3. The van der Waals surface area contributed by atoms with Crippen LogP contribution in [0.3, 0.4) is 0 Å². The Morgan fingerprint density at radius 1 is 1.75 bits per heavy atom. The standard InChI is InChI=1S/C8H11NO3/c1-11-5-3-9-8(10)7-2-4-12-6-7/h2,4,6H,3,5H2,1H3,(H,9,10). The minimum absolute atomic E-state index is 0.138. The van der Waals surface area contributed by atoms with E-state index in [1.165, 1.54) is 12.5 Å². The molecule has 1 heterocycles. The van der Waals surface area contributed by atoms with Gasteiger partial charge in [0, 0.05) is 13.7 Å². The normalized spacial score (nSPS) is 9.75. The van der Waals surface area contributed by atoms with Crippen molar-refractivity contribution in [2.45, 2.75) is 0 Å². The molecule has 0 saturated heterocycles. The largest absolute Gasteiger partial charge is 0.472 e. The summed E-state index contributed by atoms with van der Waals surface area (Å²) >= 11 is 0. The van der Waals surface area contributed by atoms with Gasteiger partial charge in [-0.3, -0.25) is 4.79 Å². The van der Waals surface area contributed by atoms with Crippen LogP contribution in [-0.2, 0) is 4.74 Å². The monoisotopic (exact) mass is 169 g/mol. The number of furan rings is 1. The van der Waals surface area contributed by atoms with E-state index in [4.69, 9.17) is 9.15 Å². The Kier molecular flexibility index (Phi) is 3.35. The molecule has 0 saturated carbocycles. The van der Waals surface area contributed by atoms with E-state index >= 15 is 0 Å². The first-order valence-corrected chi connectivity index (χ1v) is 3.64. The highest BCUT2D eigenvalue weighted by Gasteiger charge is 2.04. The van der Waals surface area contributed by atoms with Crippen LogP contribution in [0.4, 0.5) is 0 Å². The maximum atomic E-state index is 11.2. The molecule has 0 spiro atoms. The number of methoxy groups -OCH3 is 1. The Bertz CT molecular complexity index is 230. The zero-order valence-electron chi connectivity index (χ0n) is 6.87. The van der Waals surface area contributed by atoms with Crippen LogP contribution < -0.4 is 5.32 Å². The van der Waals surface area contributed by atoms with E-state index in [1.807, 2.05) is 0 Å². The van der Waals surface area contributed by atoms with Crippen LogP contribution in [0, 0.1) is 0 Å². The zero-order chi connectivity index (χ0) is 8.81. The summed E-state index contributed by atoms with van der Waals surface area (Å²) in [7, 11) is 1.59. The van der Waals surface area contributed by atoms with Crippen LogP contribution in [0.1, 0.15) is 10.4 Å². The molecule has 0 aliphatic carbocycles. The van der Waals surface area contributed by atoms with Gasteiger partial charge in [0.2, 0.25) is 0 Å². The fourth-order valence-electron chi connectivity index (χ4n) is 0.762. The summed E-state index contributed by atoms with van der Waals surface area (Å²) in [4.78, 5) is 11.2. The summed E-state index contributed by atoms with van der Waals surface area (Å²) in [6.07, 6.45) is 2.87. The van der Waals surface area contributed by atoms with Crippen molar-refractivity contribution in [3.63, 3.8) is 0 Å². The van der Waals surface area contributed by atoms with E-state index in [9.17, 15) is 4.79 Å². The molecule has 1 amide bonds. The van der Waals surface area contributed by atoms with Crippen molar-refractivity contribution in [1.29, 1.82) is 0 Å². The average molecular weight is 169 g/mol. The molecule has 1 aromatic heterocycles. The Hall–Kier alpha value is -1.29. The van der Waals surface area contributed by atoms with Crippen molar-refractivity contribution in [2.75, 3.05) is 20.3 Å². The molecule has 0 atom stereocenters. The maximum absolute atomic E-state index is 11.2. The third-order valence-corrected chi connectivity index (χ3v) is 1.38. The Labute approximate surface area is 70.5 Å². The molecule has 0 radical (unpaired) electrons. The molecule has 1 N–H and O–H groups in total. The van der Waals surface area contributed by atoms with Gasteiger partial charge in [0.25, 0.3) is 5.91 Å². The molecule has 0 bridgehead atoms. The lowest BCUT2D eigenvalue weighted by Gasteiger charge is -2.00. The van der Waals surface area contributed by atoms with Crippen LogP contribution in [0.2, 0.25) is 0 Å². The smallest absolute Gasteiger partial charge is 0.254 e. The molecule has 66 valence electrons. The number of carbonyl (C=O) groups excluding carboxylic acids is 1. The van der Waals surface area contributed by atoms with Crippen LogP contribution in [0.5, 0.6) is 0 Å². The fraction of sp³-hybridized carbons (Fsp3) is 0.375. The second-order valence-corrected chi connectivity index (χ2v) is 2.26. The van der Waals surface area contributed by atoms with E-state index in [-0.39, 0.29) is 5.91 Å². The van der Waals surface area contributed by atoms with Gasteiger partial charge in [0.15, 0.2) is 0 Å². The number of nitrogens with one attached hydrogen (secondary N) is 1. The van der Waals surface area contributed by atoms with Crippen molar-refractivity contribution in [2.24, 2.45) is 0 Å². The molecule has 0 aliphatic rings. The first-order valence-electron chi connectivity index (χ1n) is 3.64. The molecule has 12 heavy (non-hydrogen) atoms. The minimum Gasteiger partial charge on any atom is -0.472 e. The lowest BCUT2D eigenvalue weighted by Crippen LogP contribution is -2.26. The third-order valence-electron chi connectivity index (χ3n) is 1.38. The maximum Gasteiger partial charge on any atom is 0.254 e. The number of amides is 1. The van der Waals surface area contributed by atoms with Crippen LogP contribution >= 0.6 is 0 Å². The minimum atomic E-state index is -0.138. The molecule has 1 rings (SSSR count). The number of carbonyl (C=O) groups is 1. The number of ether oxygens (including phenoxy) is 1. The quantitative estimate of drug-likeness (QED) is 0.673. The predicted octanol–water partition coefficient (Wildman–Crippen LogP) is 0.656. The van der Waals surface area contributed by atoms with Crippen molar-refractivity contribution in [3.8, 4) is 0 Å². The van der Waals surface area contributed by atoms with E-state index in [1.54, 1.807) is 13.2 Å². The Balaban J connectivity index is 2.30. The number of hydrogen-bond acceptors (Lipinski definition) is 3. The molecule has 4 heteroatoms. The molecule has 0 aliphatic heterocycles. The summed E-state index contributed by atoms with van der Waals surface area (Å²) < 4.78 is 9.52. The van der Waals surface area contributed by atoms with Gasteiger partial charge in [-0.05, 0) is 6.07 Å². The summed E-state index contributed by atoms with van der Waals surface area (Å²) in [5.74, 6) is -0.138. The molecule has 0 unspecified atom stereocenters. The van der Waals surface area contributed by atoms with Crippen molar-refractivity contribution in [1.82, 2.24) is 5.32 Å². The molecule has 1 aromatic rings. The van der Waals surface area contributed by atoms with Gasteiger partial charge in [-0.1, -0.05) is 0 Å². The molecule has 4 nitrogen and oxygen atoms in total. The summed E-state index contributed by atoms with van der Waals surface area (Å²) in [6.45, 7) is 1.03. The van der Waals surface area contributed by atoms with Gasteiger partial charge in [-0.15, -0.1) is 0 Å². The van der Waals surface area contributed by atoms with Crippen molar-refractivity contribution in [3.05, 3.63) is 24.2 Å². The topological polar surface area (TPSA) is 51.5 Å². The van der Waals surface area contributed by atoms with Crippen LogP contribution in [-0.4, -0.2) is 26.2 Å². The number of hydrogen-bond donors (Lipinski definition) is 1. The van der Waals surface area contributed by atoms with E-state index in [2.05, 4.69) is 5.32 Å². The summed E-state index contributed by atoms with van der Waals surface area (Å²) in [5.41, 5.74) is 0.533. The van der Waals surface area contributed by atoms with Crippen LogP contribution in [0.15, 0.2) is 23.0 Å². The van der Waals surface area contributed by atoms with Gasteiger partial charge >= 0.3 is 0 Å². The third kappa shape index (κ3) is 2.39. The average Bonchev–Trinajstić information content (AvgIpc) is 2.56. The molecule has 0 aromatic carbocycles. The van der Waals surface area contributed by atoms with Gasteiger partial charge in [0.1, 0.15) is 6.26 Å². The van der Waals surface area contributed by atoms with Crippen molar-refractivity contribution >= 4 is 5.91 Å². The highest BCUT2D eigenvalue weighted by atomic mass is 16.5. The number of rotatable bonds is 4. The first-order chi connectivity index (χ1) is 5.84. The first kappa shape index (κ1) is 8.80. The Morgan fingerprint density at radius 2 is 2.58 bits per heavy atom. The predicted molar refractivity (Wildman–Crippen MR) is 42.9 cm³/mol.